The molecule has 0 aliphatic rings. The van der Waals surface area contributed by atoms with Gasteiger partial charge in [-0.05, 0) is 41.8 Å². The van der Waals surface area contributed by atoms with E-state index in [9.17, 15) is 9.59 Å². The minimum atomic E-state index is -0.195. The summed E-state index contributed by atoms with van der Waals surface area (Å²) >= 11 is 0. The molecule has 4 amide bonds. The van der Waals surface area contributed by atoms with E-state index < -0.39 is 0 Å². The van der Waals surface area contributed by atoms with Gasteiger partial charge in [0.05, 0.1) is 0 Å². The molecule has 0 saturated carbocycles. The van der Waals surface area contributed by atoms with E-state index in [0.29, 0.717) is 26.2 Å². The van der Waals surface area contributed by atoms with Crippen molar-refractivity contribution in [1.29, 1.82) is 0 Å². The van der Waals surface area contributed by atoms with Crippen LogP contribution in [-0.2, 0) is 6.42 Å². The molecule has 0 unspecified atom stereocenters. The van der Waals surface area contributed by atoms with Gasteiger partial charge in [-0.1, -0.05) is 48.6 Å². The maximum Gasteiger partial charge on any atom is 0.322 e. The maximum absolute atomic E-state index is 12.4. The van der Waals surface area contributed by atoms with Crippen LogP contribution in [0.3, 0.4) is 0 Å². The van der Waals surface area contributed by atoms with E-state index in [-0.39, 0.29) is 12.1 Å². The Morgan fingerprint density at radius 2 is 0.909 bits per heavy atom. The Morgan fingerprint density at radius 1 is 0.606 bits per heavy atom. The highest BCUT2D eigenvalue weighted by Gasteiger charge is 2.11. The molecule has 0 bridgehead atoms. The predicted molar refractivity (Wildman–Crippen MR) is 138 cm³/mol. The average molecular weight is 445 g/mol. The standard InChI is InChI=1S/C27H32N4O2/c1-5-17-30(18-6-2)26(32)28-24-13-9-22(10-14-24)21-23-11-15-25(16-12-23)29-27(33)31(19-7-3)20-8-4/h5-16H,1-4,17-21H2,(H,28,32)(H,29,33). The number of carbonyl (C=O) groups excluding carboxylic acids is 2. The Kier molecular flexibility index (Phi) is 10.2. The Bertz CT molecular complexity index is 865. The smallest absolute Gasteiger partial charge is 0.317 e. The number of anilines is 2. The molecular weight excluding hydrogens is 412 g/mol. The fourth-order valence-corrected chi connectivity index (χ4v) is 3.16. The summed E-state index contributed by atoms with van der Waals surface area (Å²) in [6.07, 6.45) is 7.46. The summed E-state index contributed by atoms with van der Waals surface area (Å²) < 4.78 is 0. The van der Waals surface area contributed by atoms with Gasteiger partial charge in [0.15, 0.2) is 0 Å². The van der Waals surface area contributed by atoms with E-state index >= 15 is 0 Å². The molecule has 6 heteroatoms. The lowest BCUT2D eigenvalue weighted by molar-refractivity contribution is 0.221. The average Bonchev–Trinajstić information content (AvgIpc) is 2.81. The number of carbonyl (C=O) groups is 2. The van der Waals surface area contributed by atoms with Crippen LogP contribution in [0.25, 0.3) is 0 Å². The van der Waals surface area contributed by atoms with Crippen molar-refractivity contribution in [3.05, 3.63) is 110 Å². The van der Waals surface area contributed by atoms with Gasteiger partial charge in [0, 0.05) is 37.6 Å². The van der Waals surface area contributed by atoms with Crippen LogP contribution in [0, 0.1) is 0 Å². The monoisotopic (exact) mass is 444 g/mol. The molecule has 2 N–H and O–H groups in total. The van der Waals surface area contributed by atoms with Crippen LogP contribution in [0.5, 0.6) is 0 Å². The van der Waals surface area contributed by atoms with Crippen molar-refractivity contribution in [3.63, 3.8) is 0 Å². The summed E-state index contributed by atoms with van der Waals surface area (Å²) in [6, 6.07) is 15.1. The highest BCUT2D eigenvalue weighted by atomic mass is 16.2. The summed E-state index contributed by atoms with van der Waals surface area (Å²) in [5.41, 5.74) is 3.68. The largest absolute Gasteiger partial charge is 0.322 e. The van der Waals surface area contributed by atoms with E-state index in [1.54, 1.807) is 34.1 Å². The zero-order chi connectivity index (χ0) is 24.1. The second-order valence-corrected chi connectivity index (χ2v) is 7.40. The molecule has 2 rings (SSSR count). The number of urea groups is 2. The molecular formula is C27H32N4O2. The van der Waals surface area contributed by atoms with Gasteiger partial charge in [-0.2, -0.15) is 0 Å². The molecule has 172 valence electrons. The first-order chi connectivity index (χ1) is 16.0. The molecule has 0 aliphatic heterocycles. The van der Waals surface area contributed by atoms with Gasteiger partial charge in [0.1, 0.15) is 0 Å². The molecule has 0 atom stereocenters. The van der Waals surface area contributed by atoms with Crippen LogP contribution in [0.1, 0.15) is 11.1 Å². The fourth-order valence-electron chi connectivity index (χ4n) is 3.16. The number of rotatable bonds is 12. The molecule has 6 nitrogen and oxygen atoms in total. The van der Waals surface area contributed by atoms with Crippen LogP contribution in [0.15, 0.2) is 99.2 Å². The second-order valence-electron chi connectivity index (χ2n) is 7.40. The number of hydrogen-bond donors (Lipinski definition) is 2. The lowest BCUT2D eigenvalue weighted by Gasteiger charge is -2.20. The molecule has 2 aromatic carbocycles. The fraction of sp³-hybridized carbons (Fsp3) is 0.185. The topological polar surface area (TPSA) is 64.7 Å². The summed E-state index contributed by atoms with van der Waals surface area (Å²) in [4.78, 5) is 28.0. The Labute approximate surface area is 196 Å². The summed E-state index contributed by atoms with van der Waals surface area (Å²) in [5, 5.41) is 5.78. The van der Waals surface area contributed by atoms with E-state index in [4.69, 9.17) is 0 Å². The maximum atomic E-state index is 12.4. The van der Waals surface area contributed by atoms with Crippen LogP contribution < -0.4 is 10.6 Å². The van der Waals surface area contributed by atoms with Crippen molar-refractivity contribution in [2.45, 2.75) is 6.42 Å². The Balaban J connectivity index is 1.94. The Hall–Kier alpha value is -4.06. The number of hydrogen-bond acceptors (Lipinski definition) is 2. The predicted octanol–water partition coefficient (Wildman–Crippen LogP) is 5.69. The third-order valence-corrected chi connectivity index (χ3v) is 4.79. The van der Waals surface area contributed by atoms with Gasteiger partial charge in [0.25, 0.3) is 0 Å². The van der Waals surface area contributed by atoms with Gasteiger partial charge < -0.3 is 20.4 Å². The quantitative estimate of drug-likeness (QED) is 0.413. The number of benzene rings is 2. The van der Waals surface area contributed by atoms with Crippen molar-refractivity contribution in [3.8, 4) is 0 Å². The van der Waals surface area contributed by atoms with Crippen LogP contribution >= 0.6 is 0 Å². The minimum Gasteiger partial charge on any atom is -0.317 e. The van der Waals surface area contributed by atoms with Crippen molar-refractivity contribution < 1.29 is 9.59 Å². The molecule has 0 heterocycles. The molecule has 0 spiro atoms. The lowest BCUT2D eigenvalue weighted by atomic mass is 10.0. The molecule has 0 saturated heterocycles. The van der Waals surface area contributed by atoms with E-state index in [1.165, 1.54) is 0 Å². The molecule has 0 aromatic heterocycles. The zero-order valence-corrected chi connectivity index (χ0v) is 19.0. The Morgan fingerprint density at radius 3 is 1.18 bits per heavy atom. The molecule has 0 radical (unpaired) electrons. The first-order valence-electron chi connectivity index (χ1n) is 10.7. The summed E-state index contributed by atoms with van der Waals surface area (Å²) in [6.45, 7) is 16.5. The third kappa shape index (κ3) is 8.18. The number of amides is 4. The first kappa shape index (κ1) is 25.2. The normalized spacial score (nSPS) is 9.94. The van der Waals surface area contributed by atoms with E-state index in [2.05, 4.69) is 36.9 Å². The number of nitrogens with one attached hydrogen (secondary N) is 2. The SMILES string of the molecule is C=CCN(CC=C)C(=O)Nc1ccc(Cc2ccc(NC(=O)N(CC=C)CC=C)cc2)cc1. The summed E-state index contributed by atoms with van der Waals surface area (Å²) in [5.74, 6) is 0. The van der Waals surface area contributed by atoms with Crippen LogP contribution in [0.2, 0.25) is 0 Å². The number of nitrogens with zero attached hydrogens (tertiary/aromatic N) is 2. The van der Waals surface area contributed by atoms with Crippen LogP contribution in [0.4, 0.5) is 21.0 Å². The van der Waals surface area contributed by atoms with Crippen LogP contribution in [-0.4, -0.2) is 48.0 Å². The van der Waals surface area contributed by atoms with Gasteiger partial charge in [0.2, 0.25) is 0 Å². The molecule has 33 heavy (non-hydrogen) atoms. The van der Waals surface area contributed by atoms with E-state index in [1.807, 2.05) is 48.5 Å². The van der Waals surface area contributed by atoms with Gasteiger partial charge >= 0.3 is 12.1 Å². The second kappa shape index (κ2) is 13.4. The van der Waals surface area contributed by atoms with Crippen molar-refractivity contribution in [1.82, 2.24) is 9.80 Å². The van der Waals surface area contributed by atoms with Crippen molar-refractivity contribution >= 4 is 23.4 Å². The first-order valence-corrected chi connectivity index (χ1v) is 10.7. The minimum absolute atomic E-state index is 0.195. The van der Waals surface area contributed by atoms with Crippen molar-refractivity contribution in [2.75, 3.05) is 36.8 Å². The van der Waals surface area contributed by atoms with Gasteiger partial charge in [-0.15, -0.1) is 26.3 Å². The third-order valence-electron chi connectivity index (χ3n) is 4.79. The lowest BCUT2D eigenvalue weighted by Crippen LogP contribution is -2.35. The zero-order valence-electron chi connectivity index (χ0n) is 19.0. The van der Waals surface area contributed by atoms with E-state index in [0.717, 1.165) is 28.9 Å². The molecule has 0 aliphatic carbocycles. The van der Waals surface area contributed by atoms with Crippen molar-refractivity contribution in [2.24, 2.45) is 0 Å². The molecule has 2 aromatic rings. The highest BCUT2D eigenvalue weighted by molar-refractivity contribution is 5.90. The summed E-state index contributed by atoms with van der Waals surface area (Å²) in [7, 11) is 0. The highest BCUT2D eigenvalue weighted by Crippen LogP contribution is 2.17. The molecule has 0 fully saturated rings. The van der Waals surface area contributed by atoms with Gasteiger partial charge in [-0.25, -0.2) is 9.59 Å². The van der Waals surface area contributed by atoms with Gasteiger partial charge in [-0.3, -0.25) is 0 Å².